The van der Waals surface area contributed by atoms with Crippen LogP contribution in [0, 0.1) is 11.8 Å². The summed E-state index contributed by atoms with van der Waals surface area (Å²) in [6.07, 6.45) is 2.01. The van der Waals surface area contributed by atoms with Crippen LogP contribution in [0.25, 0.3) is 0 Å². The van der Waals surface area contributed by atoms with Crippen LogP contribution in [0.2, 0.25) is 0 Å². The second kappa shape index (κ2) is 6.82. The summed E-state index contributed by atoms with van der Waals surface area (Å²) in [7, 11) is 0. The molecule has 0 aromatic rings. The number of carbonyl (C=O) groups excluding carboxylic acids is 1. The van der Waals surface area contributed by atoms with Gasteiger partial charge in [-0.25, -0.2) is 0 Å². The highest BCUT2D eigenvalue weighted by molar-refractivity contribution is 5.75. The van der Waals surface area contributed by atoms with Gasteiger partial charge in [0.25, 0.3) is 0 Å². The van der Waals surface area contributed by atoms with E-state index >= 15 is 0 Å². The largest absolute Gasteiger partial charge is 0.465 e. The number of ether oxygens (including phenoxy) is 1. The van der Waals surface area contributed by atoms with E-state index < -0.39 is 6.04 Å². The van der Waals surface area contributed by atoms with E-state index in [1.165, 1.54) is 0 Å². The molecule has 2 N–H and O–H groups in total. The van der Waals surface area contributed by atoms with E-state index in [2.05, 4.69) is 13.8 Å². The third-order valence-corrected chi connectivity index (χ3v) is 2.16. The Morgan fingerprint density at radius 2 is 1.86 bits per heavy atom. The zero-order valence-electron chi connectivity index (χ0n) is 9.75. The maximum Gasteiger partial charge on any atom is 0.323 e. The van der Waals surface area contributed by atoms with Gasteiger partial charge in [-0.3, -0.25) is 4.79 Å². The zero-order chi connectivity index (χ0) is 11.1. The molecule has 1 atom stereocenters. The summed E-state index contributed by atoms with van der Waals surface area (Å²) in [5.41, 5.74) is 5.63. The molecule has 3 heteroatoms. The third kappa shape index (κ3) is 5.97. The molecule has 0 radical (unpaired) electrons. The van der Waals surface area contributed by atoms with Crippen LogP contribution in [0.1, 0.15) is 40.5 Å². The first-order chi connectivity index (χ1) is 6.45. The second-order valence-electron chi connectivity index (χ2n) is 4.47. The highest BCUT2D eigenvalue weighted by Crippen LogP contribution is 2.05. The predicted octanol–water partition coefficient (Wildman–Crippen LogP) is 1.95. The molecule has 14 heavy (non-hydrogen) atoms. The minimum atomic E-state index is -0.478. The molecule has 0 heterocycles. The lowest BCUT2D eigenvalue weighted by Gasteiger charge is -2.14. The molecular weight excluding hydrogens is 178 g/mol. The third-order valence-electron chi connectivity index (χ3n) is 2.16. The molecule has 0 aliphatic carbocycles. The van der Waals surface area contributed by atoms with Crippen molar-refractivity contribution < 1.29 is 9.53 Å². The average molecular weight is 201 g/mol. The monoisotopic (exact) mass is 201 g/mol. The van der Waals surface area contributed by atoms with Gasteiger partial charge in [0.1, 0.15) is 6.04 Å². The van der Waals surface area contributed by atoms with Crippen LogP contribution >= 0.6 is 0 Å². The Morgan fingerprint density at radius 3 is 2.29 bits per heavy atom. The van der Waals surface area contributed by atoms with Crippen molar-refractivity contribution in [1.29, 1.82) is 0 Å². The van der Waals surface area contributed by atoms with Gasteiger partial charge in [0.05, 0.1) is 6.61 Å². The minimum Gasteiger partial charge on any atom is -0.465 e. The van der Waals surface area contributed by atoms with Gasteiger partial charge in [-0.1, -0.05) is 27.7 Å². The van der Waals surface area contributed by atoms with E-state index in [-0.39, 0.29) is 11.9 Å². The first kappa shape index (κ1) is 13.4. The molecule has 3 nitrogen and oxygen atoms in total. The molecule has 0 saturated carbocycles. The lowest BCUT2D eigenvalue weighted by atomic mass is 10.1. The van der Waals surface area contributed by atoms with Crippen LogP contribution in [0.5, 0.6) is 0 Å². The van der Waals surface area contributed by atoms with E-state index in [1.54, 1.807) is 0 Å². The summed E-state index contributed by atoms with van der Waals surface area (Å²) in [6.45, 7) is 8.64. The molecule has 84 valence electrons. The fourth-order valence-electron chi connectivity index (χ4n) is 1.03. The summed E-state index contributed by atoms with van der Waals surface area (Å²) in [5, 5.41) is 0. The summed E-state index contributed by atoms with van der Waals surface area (Å²) < 4.78 is 5.05. The Morgan fingerprint density at radius 1 is 1.29 bits per heavy atom. The first-order valence-corrected chi connectivity index (χ1v) is 5.37. The Kier molecular flexibility index (Phi) is 6.54. The Balaban J connectivity index is 3.54. The fourth-order valence-corrected chi connectivity index (χ4v) is 1.03. The maximum atomic E-state index is 11.3. The minimum absolute atomic E-state index is 0.146. The van der Waals surface area contributed by atoms with Crippen LogP contribution in [0.3, 0.4) is 0 Å². The molecule has 0 spiro atoms. The van der Waals surface area contributed by atoms with Crippen molar-refractivity contribution in [2.24, 2.45) is 17.6 Å². The quantitative estimate of drug-likeness (QED) is 0.528. The molecule has 0 aromatic carbocycles. The topological polar surface area (TPSA) is 52.3 Å². The van der Waals surface area contributed by atoms with Crippen LogP contribution in [-0.2, 0) is 9.53 Å². The Bertz CT molecular complexity index is 167. The summed E-state index contributed by atoms with van der Waals surface area (Å²) in [5.74, 6) is 0.531. The van der Waals surface area contributed by atoms with Gasteiger partial charge in [-0.05, 0) is 24.7 Å². The highest BCUT2D eigenvalue weighted by Gasteiger charge is 2.18. The second-order valence-corrected chi connectivity index (χ2v) is 4.47. The van der Waals surface area contributed by atoms with Crippen molar-refractivity contribution in [3.8, 4) is 0 Å². The number of carbonyl (C=O) groups is 1. The summed E-state index contributed by atoms with van der Waals surface area (Å²) in [4.78, 5) is 11.3. The number of rotatable bonds is 6. The van der Waals surface area contributed by atoms with Crippen molar-refractivity contribution in [1.82, 2.24) is 0 Å². The van der Waals surface area contributed by atoms with Crippen molar-refractivity contribution in [3.63, 3.8) is 0 Å². The van der Waals surface area contributed by atoms with Gasteiger partial charge in [0.2, 0.25) is 0 Å². The van der Waals surface area contributed by atoms with Crippen LogP contribution in [0.15, 0.2) is 0 Å². The highest BCUT2D eigenvalue weighted by atomic mass is 16.5. The van der Waals surface area contributed by atoms with E-state index in [9.17, 15) is 4.79 Å². The van der Waals surface area contributed by atoms with Crippen LogP contribution < -0.4 is 5.73 Å². The molecule has 0 amide bonds. The Hall–Kier alpha value is -0.570. The molecule has 0 fully saturated rings. The van der Waals surface area contributed by atoms with Crippen molar-refractivity contribution in [2.45, 2.75) is 46.6 Å². The van der Waals surface area contributed by atoms with E-state index in [0.29, 0.717) is 12.5 Å². The molecular formula is C11H23NO2. The first-order valence-electron chi connectivity index (χ1n) is 5.37. The number of nitrogens with two attached hydrogens (primary N) is 1. The van der Waals surface area contributed by atoms with Crippen LogP contribution in [-0.4, -0.2) is 18.6 Å². The van der Waals surface area contributed by atoms with Crippen molar-refractivity contribution >= 4 is 5.97 Å². The van der Waals surface area contributed by atoms with E-state index in [0.717, 1.165) is 12.8 Å². The van der Waals surface area contributed by atoms with Crippen LogP contribution in [0.4, 0.5) is 0 Å². The standard InChI is InChI=1S/C11H23NO2/c1-8(2)6-5-7-14-11(13)10(12)9(3)4/h8-10H,5-7,12H2,1-4H3/t10-/m1/s1. The van der Waals surface area contributed by atoms with Gasteiger partial charge >= 0.3 is 5.97 Å². The summed E-state index contributed by atoms with van der Waals surface area (Å²) in [6, 6.07) is -0.478. The predicted molar refractivity (Wildman–Crippen MR) is 57.8 cm³/mol. The maximum absolute atomic E-state index is 11.3. The molecule has 0 unspecified atom stereocenters. The molecule has 0 rings (SSSR count). The molecule has 0 aromatic heterocycles. The van der Waals surface area contributed by atoms with Crippen molar-refractivity contribution in [3.05, 3.63) is 0 Å². The van der Waals surface area contributed by atoms with Crippen molar-refractivity contribution in [2.75, 3.05) is 6.61 Å². The SMILES string of the molecule is CC(C)CCCOC(=O)[C@H](N)C(C)C. The number of hydrogen-bond acceptors (Lipinski definition) is 3. The number of esters is 1. The molecule has 0 aliphatic rings. The normalized spacial score (nSPS) is 13.4. The lowest BCUT2D eigenvalue weighted by Crippen LogP contribution is -2.37. The van der Waals surface area contributed by atoms with Gasteiger partial charge in [0.15, 0.2) is 0 Å². The molecule has 0 aliphatic heterocycles. The van der Waals surface area contributed by atoms with E-state index in [4.69, 9.17) is 10.5 Å². The average Bonchev–Trinajstić information content (AvgIpc) is 2.10. The van der Waals surface area contributed by atoms with E-state index in [1.807, 2.05) is 13.8 Å². The van der Waals surface area contributed by atoms with Gasteiger partial charge in [-0.15, -0.1) is 0 Å². The molecule has 0 bridgehead atoms. The lowest BCUT2D eigenvalue weighted by molar-refractivity contribution is -0.146. The summed E-state index contributed by atoms with van der Waals surface area (Å²) >= 11 is 0. The number of hydrogen-bond donors (Lipinski definition) is 1. The van der Waals surface area contributed by atoms with Gasteiger partial charge in [0, 0.05) is 0 Å². The fraction of sp³-hybridized carbons (Fsp3) is 0.909. The van der Waals surface area contributed by atoms with Gasteiger partial charge < -0.3 is 10.5 Å². The van der Waals surface area contributed by atoms with Gasteiger partial charge in [-0.2, -0.15) is 0 Å². The molecule has 0 saturated heterocycles. The smallest absolute Gasteiger partial charge is 0.323 e. The zero-order valence-corrected chi connectivity index (χ0v) is 9.75. The Labute approximate surface area is 87.0 Å².